The molecule has 0 aromatic heterocycles. The lowest BCUT2D eigenvalue weighted by molar-refractivity contribution is -0.140. The van der Waals surface area contributed by atoms with Crippen LogP contribution in [0.1, 0.15) is 31.9 Å². The van der Waals surface area contributed by atoms with Gasteiger partial charge in [-0.3, -0.25) is 9.69 Å². The smallest absolute Gasteiger partial charge is 0.416 e. The van der Waals surface area contributed by atoms with Gasteiger partial charge < -0.3 is 5.11 Å². The summed E-state index contributed by atoms with van der Waals surface area (Å²) in [6.07, 6.45) is -4.44. The van der Waals surface area contributed by atoms with Crippen molar-refractivity contribution in [1.29, 1.82) is 0 Å². The van der Waals surface area contributed by atoms with Gasteiger partial charge in [0.1, 0.15) is 0 Å². The van der Waals surface area contributed by atoms with Crippen LogP contribution in [-0.4, -0.2) is 28.1 Å². The van der Waals surface area contributed by atoms with Crippen LogP contribution >= 0.6 is 0 Å². The summed E-state index contributed by atoms with van der Waals surface area (Å²) in [4.78, 5) is 12.4. The summed E-state index contributed by atoms with van der Waals surface area (Å²) in [7, 11) is 0. The van der Waals surface area contributed by atoms with Crippen molar-refractivity contribution in [3.8, 4) is 0 Å². The second-order valence-corrected chi connectivity index (χ2v) is 5.58. The molecule has 0 spiro atoms. The van der Waals surface area contributed by atoms with Crippen molar-refractivity contribution in [3.63, 3.8) is 0 Å². The third kappa shape index (κ3) is 4.52. The summed E-state index contributed by atoms with van der Waals surface area (Å²) in [6, 6.07) is 5.23. The molecular formula is C14H18F3NO2. The van der Waals surface area contributed by atoms with Gasteiger partial charge >= 0.3 is 12.1 Å². The van der Waals surface area contributed by atoms with E-state index >= 15 is 0 Å². The highest BCUT2D eigenvalue weighted by Crippen LogP contribution is 2.33. The van der Waals surface area contributed by atoms with Gasteiger partial charge in [0.2, 0.25) is 0 Å². The SMILES string of the molecule is CC(C)(C)N(CC(=O)O)Cc1ccccc1C(F)(F)F. The Balaban J connectivity index is 3.09. The van der Waals surface area contributed by atoms with Gasteiger partial charge in [-0.2, -0.15) is 13.2 Å². The third-order valence-corrected chi connectivity index (χ3v) is 2.96. The Labute approximate surface area is 116 Å². The van der Waals surface area contributed by atoms with Gasteiger partial charge in [-0.15, -0.1) is 0 Å². The molecule has 0 radical (unpaired) electrons. The quantitative estimate of drug-likeness (QED) is 0.923. The number of hydrogen-bond donors (Lipinski definition) is 1. The monoisotopic (exact) mass is 289 g/mol. The predicted octanol–water partition coefficient (Wildman–Crippen LogP) is 3.39. The first-order valence-corrected chi connectivity index (χ1v) is 6.14. The van der Waals surface area contributed by atoms with Crippen molar-refractivity contribution in [3.05, 3.63) is 35.4 Å². The van der Waals surface area contributed by atoms with Crippen LogP contribution in [0.3, 0.4) is 0 Å². The zero-order chi connectivity index (χ0) is 15.6. The molecule has 0 unspecified atom stereocenters. The summed E-state index contributed by atoms with van der Waals surface area (Å²) in [5.41, 5.74) is -1.19. The Bertz CT molecular complexity index is 478. The largest absolute Gasteiger partial charge is 0.480 e. The lowest BCUT2D eigenvalue weighted by Gasteiger charge is -2.35. The van der Waals surface area contributed by atoms with Crippen molar-refractivity contribution < 1.29 is 23.1 Å². The fraction of sp³-hybridized carbons (Fsp3) is 0.500. The molecule has 1 aromatic rings. The van der Waals surface area contributed by atoms with E-state index in [2.05, 4.69) is 0 Å². The highest BCUT2D eigenvalue weighted by atomic mass is 19.4. The molecule has 0 bridgehead atoms. The van der Waals surface area contributed by atoms with E-state index in [4.69, 9.17) is 5.11 Å². The van der Waals surface area contributed by atoms with E-state index < -0.39 is 23.2 Å². The minimum absolute atomic E-state index is 0.0640. The standard InChI is InChI=1S/C14H18F3NO2/c1-13(2,3)18(9-12(19)20)8-10-6-4-5-7-11(10)14(15,16)17/h4-7H,8-9H2,1-3H3,(H,19,20). The van der Waals surface area contributed by atoms with E-state index in [0.717, 1.165) is 6.07 Å². The lowest BCUT2D eigenvalue weighted by Crippen LogP contribution is -2.44. The van der Waals surface area contributed by atoms with Crippen LogP contribution in [0.4, 0.5) is 13.2 Å². The molecule has 0 fully saturated rings. The minimum Gasteiger partial charge on any atom is -0.480 e. The number of nitrogens with zero attached hydrogens (tertiary/aromatic N) is 1. The Morgan fingerprint density at radius 3 is 2.20 bits per heavy atom. The number of benzene rings is 1. The Morgan fingerprint density at radius 1 is 1.20 bits per heavy atom. The zero-order valence-electron chi connectivity index (χ0n) is 11.7. The number of carboxylic acids is 1. The van der Waals surface area contributed by atoms with Gasteiger partial charge in [0.25, 0.3) is 0 Å². The van der Waals surface area contributed by atoms with Gasteiger partial charge in [-0.25, -0.2) is 0 Å². The molecule has 3 nitrogen and oxygen atoms in total. The molecule has 0 amide bonds. The average Bonchev–Trinajstić information content (AvgIpc) is 2.25. The van der Waals surface area contributed by atoms with Gasteiger partial charge in [-0.1, -0.05) is 18.2 Å². The molecular weight excluding hydrogens is 271 g/mol. The molecule has 6 heteroatoms. The van der Waals surface area contributed by atoms with Crippen LogP contribution in [0.2, 0.25) is 0 Å². The third-order valence-electron chi connectivity index (χ3n) is 2.96. The molecule has 112 valence electrons. The van der Waals surface area contributed by atoms with Gasteiger partial charge in [0.05, 0.1) is 12.1 Å². The molecule has 0 atom stereocenters. The Kier molecular flexibility index (Phi) is 4.81. The maximum absolute atomic E-state index is 12.9. The van der Waals surface area contributed by atoms with E-state index in [-0.39, 0.29) is 18.7 Å². The Hall–Kier alpha value is -1.56. The van der Waals surface area contributed by atoms with Gasteiger partial charge in [0, 0.05) is 12.1 Å². The zero-order valence-corrected chi connectivity index (χ0v) is 11.7. The molecule has 0 saturated heterocycles. The van der Waals surface area contributed by atoms with Crippen LogP contribution in [-0.2, 0) is 17.5 Å². The van der Waals surface area contributed by atoms with Gasteiger partial charge in [0.15, 0.2) is 0 Å². The van der Waals surface area contributed by atoms with E-state index in [1.54, 1.807) is 20.8 Å². The molecule has 0 heterocycles. The topological polar surface area (TPSA) is 40.5 Å². The maximum Gasteiger partial charge on any atom is 0.416 e. The number of rotatable bonds is 4. The fourth-order valence-electron chi connectivity index (χ4n) is 1.83. The number of halogens is 3. The summed E-state index contributed by atoms with van der Waals surface area (Å²) in [5.74, 6) is -1.07. The highest BCUT2D eigenvalue weighted by Gasteiger charge is 2.34. The number of aliphatic carboxylic acids is 1. The molecule has 1 N–H and O–H groups in total. The minimum atomic E-state index is -4.44. The molecule has 0 saturated carbocycles. The lowest BCUT2D eigenvalue weighted by atomic mass is 10.0. The van der Waals surface area contributed by atoms with E-state index in [0.29, 0.717) is 0 Å². The van der Waals surface area contributed by atoms with Crippen molar-refractivity contribution in [2.75, 3.05) is 6.54 Å². The van der Waals surface area contributed by atoms with Crippen LogP contribution in [0.5, 0.6) is 0 Å². The second kappa shape index (κ2) is 5.83. The fourth-order valence-corrected chi connectivity index (χ4v) is 1.83. The second-order valence-electron chi connectivity index (χ2n) is 5.58. The van der Waals surface area contributed by atoms with Crippen LogP contribution in [0, 0.1) is 0 Å². The molecule has 0 aliphatic heterocycles. The summed E-state index contributed by atoms with van der Waals surface area (Å²) < 4.78 is 38.8. The van der Waals surface area contributed by atoms with E-state index in [9.17, 15) is 18.0 Å². The van der Waals surface area contributed by atoms with E-state index in [1.807, 2.05) is 0 Å². The summed E-state index contributed by atoms with van der Waals surface area (Å²) >= 11 is 0. The highest BCUT2D eigenvalue weighted by molar-refractivity contribution is 5.69. The maximum atomic E-state index is 12.9. The summed E-state index contributed by atoms with van der Waals surface area (Å²) in [5, 5.41) is 8.89. The molecule has 20 heavy (non-hydrogen) atoms. The van der Waals surface area contributed by atoms with Crippen molar-refractivity contribution >= 4 is 5.97 Å². The molecule has 1 rings (SSSR count). The van der Waals surface area contributed by atoms with Crippen LogP contribution in [0.25, 0.3) is 0 Å². The predicted molar refractivity (Wildman–Crippen MR) is 69.2 cm³/mol. The van der Waals surface area contributed by atoms with Crippen LogP contribution < -0.4 is 0 Å². The first-order chi connectivity index (χ1) is 9.01. The van der Waals surface area contributed by atoms with Crippen molar-refractivity contribution in [1.82, 2.24) is 4.90 Å². The van der Waals surface area contributed by atoms with Gasteiger partial charge in [-0.05, 0) is 32.4 Å². The number of hydrogen-bond acceptors (Lipinski definition) is 2. The normalized spacial score (nSPS) is 12.8. The van der Waals surface area contributed by atoms with E-state index in [1.165, 1.54) is 23.1 Å². The average molecular weight is 289 g/mol. The Morgan fingerprint density at radius 2 is 1.75 bits per heavy atom. The number of carbonyl (C=O) groups is 1. The number of carboxylic acid groups (broad SMARTS) is 1. The molecule has 0 aliphatic rings. The van der Waals surface area contributed by atoms with Crippen LogP contribution in [0.15, 0.2) is 24.3 Å². The van der Waals surface area contributed by atoms with Crippen molar-refractivity contribution in [2.45, 2.75) is 39.0 Å². The first kappa shape index (κ1) is 16.5. The number of alkyl halides is 3. The molecule has 1 aromatic carbocycles. The first-order valence-electron chi connectivity index (χ1n) is 6.14. The van der Waals surface area contributed by atoms with Crippen molar-refractivity contribution in [2.24, 2.45) is 0 Å². The molecule has 0 aliphatic carbocycles. The summed E-state index contributed by atoms with van der Waals surface area (Å²) in [6.45, 7) is 4.94.